The van der Waals surface area contributed by atoms with Gasteiger partial charge >= 0.3 is 12.3 Å². The van der Waals surface area contributed by atoms with Crippen molar-refractivity contribution < 1.29 is 28.2 Å². The second-order valence-electron chi connectivity index (χ2n) is 6.86. The number of carbonyl (C=O) groups is 1. The first-order chi connectivity index (χ1) is 14.2. The number of β-amino-alcohol motifs (C(OH)–C–C–N with tert-alkyl or cyclic N) is 1. The van der Waals surface area contributed by atoms with E-state index in [1.54, 1.807) is 12.1 Å². The number of aliphatic hydroxyl groups is 1. The minimum absolute atomic E-state index is 0.0171. The summed E-state index contributed by atoms with van der Waals surface area (Å²) in [5.41, 5.74) is 0.338. The minimum atomic E-state index is -4.48. The molecule has 1 saturated heterocycles. The molecule has 156 valence electrons. The number of nitrogens with one attached hydrogen (secondary N) is 1. The standard InChI is InChI=1S/C19H16F3N5O3/c20-19(21,22)10-3-4-13(24-6-10)12-7-25-17(11-2-1-5-23-16(11)12)26-14-8-27(18(29)30)9-15(14)28/h1-7,14-15,28H,8-9H2,(H,25,26)(H,29,30)/t14-,15+/m1/s1. The molecule has 0 bridgehead atoms. The molecular weight excluding hydrogens is 403 g/mol. The lowest BCUT2D eigenvalue weighted by Gasteiger charge is -2.18. The summed E-state index contributed by atoms with van der Waals surface area (Å²) in [6.07, 6.45) is -2.79. The third-order valence-corrected chi connectivity index (χ3v) is 4.89. The molecule has 0 saturated carbocycles. The molecule has 1 aliphatic heterocycles. The molecule has 0 aromatic carbocycles. The quantitative estimate of drug-likeness (QED) is 0.599. The second-order valence-corrected chi connectivity index (χ2v) is 6.86. The number of amides is 1. The highest BCUT2D eigenvalue weighted by Crippen LogP contribution is 2.33. The first-order valence-corrected chi connectivity index (χ1v) is 8.94. The largest absolute Gasteiger partial charge is 0.465 e. The number of pyridine rings is 3. The first kappa shape index (κ1) is 19.8. The minimum Gasteiger partial charge on any atom is -0.465 e. The van der Waals surface area contributed by atoms with Crippen LogP contribution in [0.4, 0.5) is 23.8 Å². The molecule has 0 unspecified atom stereocenters. The van der Waals surface area contributed by atoms with Gasteiger partial charge in [0.2, 0.25) is 0 Å². The van der Waals surface area contributed by atoms with Crippen LogP contribution < -0.4 is 5.32 Å². The maximum absolute atomic E-state index is 12.8. The number of likely N-dealkylation sites (tertiary alicyclic amines) is 1. The van der Waals surface area contributed by atoms with E-state index in [0.29, 0.717) is 22.3 Å². The highest BCUT2D eigenvalue weighted by Gasteiger charge is 2.34. The van der Waals surface area contributed by atoms with Crippen LogP contribution in [0.5, 0.6) is 0 Å². The van der Waals surface area contributed by atoms with Crippen LogP contribution in [0.25, 0.3) is 22.2 Å². The van der Waals surface area contributed by atoms with Crippen molar-refractivity contribution in [3.05, 3.63) is 48.4 Å². The molecule has 1 amide bonds. The molecule has 0 aliphatic carbocycles. The highest BCUT2D eigenvalue weighted by molar-refractivity contribution is 5.98. The first-order valence-electron chi connectivity index (χ1n) is 8.94. The zero-order valence-electron chi connectivity index (χ0n) is 15.3. The van der Waals surface area contributed by atoms with Gasteiger partial charge in [-0.2, -0.15) is 13.2 Å². The second kappa shape index (κ2) is 7.41. The zero-order valence-corrected chi connectivity index (χ0v) is 15.3. The Hall–Kier alpha value is -3.47. The van der Waals surface area contributed by atoms with Gasteiger partial charge in [0.05, 0.1) is 35.5 Å². The fraction of sp³-hybridized carbons (Fsp3) is 0.263. The Morgan fingerprint density at radius 1 is 1.13 bits per heavy atom. The van der Waals surface area contributed by atoms with Crippen molar-refractivity contribution in [3.8, 4) is 11.3 Å². The summed E-state index contributed by atoms with van der Waals surface area (Å²) in [6, 6.07) is 5.03. The average Bonchev–Trinajstić information content (AvgIpc) is 3.08. The monoisotopic (exact) mass is 419 g/mol. The van der Waals surface area contributed by atoms with Gasteiger partial charge in [-0.1, -0.05) is 0 Å². The zero-order chi connectivity index (χ0) is 21.5. The lowest BCUT2D eigenvalue weighted by Crippen LogP contribution is -2.33. The van der Waals surface area contributed by atoms with E-state index in [1.807, 2.05) is 0 Å². The topological polar surface area (TPSA) is 111 Å². The molecule has 1 aliphatic rings. The van der Waals surface area contributed by atoms with Gasteiger partial charge in [-0.05, 0) is 24.3 Å². The summed E-state index contributed by atoms with van der Waals surface area (Å²) in [6.45, 7) is 0.0683. The lowest BCUT2D eigenvalue weighted by molar-refractivity contribution is -0.137. The molecular formula is C19H16F3N5O3. The van der Waals surface area contributed by atoms with Gasteiger partial charge in [0.1, 0.15) is 5.82 Å². The number of nitrogens with zero attached hydrogens (tertiary/aromatic N) is 4. The number of rotatable bonds is 3. The maximum Gasteiger partial charge on any atom is 0.417 e. The summed E-state index contributed by atoms with van der Waals surface area (Å²) in [5.74, 6) is 0.380. The Bertz CT molecular complexity index is 1090. The van der Waals surface area contributed by atoms with E-state index in [2.05, 4.69) is 20.3 Å². The van der Waals surface area contributed by atoms with Crippen molar-refractivity contribution in [2.45, 2.75) is 18.3 Å². The third kappa shape index (κ3) is 3.71. The van der Waals surface area contributed by atoms with E-state index < -0.39 is 30.0 Å². The molecule has 8 nitrogen and oxygen atoms in total. The van der Waals surface area contributed by atoms with Crippen LogP contribution in [0, 0.1) is 0 Å². The van der Waals surface area contributed by atoms with E-state index in [0.717, 1.165) is 17.2 Å². The Morgan fingerprint density at radius 2 is 1.93 bits per heavy atom. The normalized spacial score (nSPS) is 19.3. The Morgan fingerprint density at radius 3 is 2.57 bits per heavy atom. The number of halogens is 3. The van der Waals surface area contributed by atoms with Gasteiger partial charge in [0.25, 0.3) is 0 Å². The summed E-state index contributed by atoms with van der Waals surface area (Å²) >= 11 is 0. The summed E-state index contributed by atoms with van der Waals surface area (Å²) < 4.78 is 38.4. The Labute approximate surface area is 168 Å². The predicted molar refractivity (Wildman–Crippen MR) is 101 cm³/mol. The van der Waals surface area contributed by atoms with Crippen LogP contribution >= 0.6 is 0 Å². The van der Waals surface area contributed by atoms with Gasteiger partial charge in [-0.3, -0.25) is 9.97 Å². The molecule has 11 heteroatoms. The smallest absolute Gasteiger partial charge is 0.417 e. The van der Waals surface area contributed by atoms with Gasteiger partial charge in [0.15, 0.2) is 0 Å². The van der Waals surface area contributed by atoms with Gasteiger partial charge in [0, 0.05) is 36.1 Å². The van der Waals surface area contributed by atoms with Crippen molar-refractivity contribution in [2.75, 3.05) is 18.4 Å². The van der Waals surface area contributed by atoms with Crippen LogP contribution in [-0.2, 0) is 6.18 Å². The van der Waals surface area contributed by atoms with Crippen molar-refractivity contribution in [1.29, 1.82) is 0 Å². The number of fused-ring (bicyclic) bond motifs is 1. The van der Waals surface area contributed by atoms with Crippen LogP contribution in [0.3, 0.4) is 0 Å². The molecule has 2 atom stereocenters. The van der Waals surface area contributed by atoms with Crippen LogP contribution in [0.1, 0.15) is 5.56 Å². The molecule has 3 N–H and O–H groups in total. The Kier molecular flexibility index (Phi) is 4.90. The number of alkyl halides is 3. The molecule has 4 heterocycles. The van der Waals surface area contributed by atoms with Crippen molar-refractivity contribution >= 4 is 22.8 Å². The van der Waals surface area contributed by atoms with E-state index in [1.165, 1.54) is 18.5 Å². The summed E-state index contributed by atoms with van der Waals surface area (Å²) in [4.78, 5) is 24.8. The van der Waals surface area contributed by atoms with Crippen molar-refractivity contribution in [1.82, 2.24) is 19.9 Å². The summed E-state index contributed by atoms with van der Waals surface area (Å²) in [5, 5.41) is 22.9. The predicted octanol–water partition coefficient (Wildman–Crippen LogP) is 2.85. The highest BCUT2D eigenvalue weighted by atomic mass is 19.4. The van der Waals surface area contributed by atoms with Gasteiger partial charge in [-0.15, -0.1) is 0 Å². The SMILES string of the molecule is O=C(O)N1C[C@H](O)[C@H](Nc2ncc(-c3ccc(C(F)(F)F)cn3)c3ncccc23)C1. The Balaban J connectivity index is 1.68. The van der Waals surface area contributed by atoms with Crippen molar-refractivity contribution in [2.24, 2.45) is 0 Å². The molecule has 1 fully saturated rings. The molecule has 0 spiro atoms. The number of aromatic nitrogens is 3. The number of anilines is 1. The van der Waals surface area contributed by atoms with E-state index >= 15 is 0 Å². The molecule has 30 heavy (non-hydrogen) atoms. The number of carboxylic acid groups (broad SMARTS) is 1. The summed E-state index contributed by atoms with van der Waals surface area (Å²) in [7, 11) is 0. The third-order valence-electron chi connectivity index (χ3n) is 4.89. The molecule has 3 aromatic rings. The molecule has 3 aromatic heterocycles. The molecule has 0 radical (unpaired) electrons. The van der Waals surface area contributed by atoms with Crippen molar-refractivity contribution in [3.63, 3.8) is 0 Å². The van der Waals surface area contributed by atoms with Crippen LogP contribution in [0.2, 0.25) is 0 Å². The fourth-order valence-corrected chi connectivity index (χ4v) is 3.35. The van der Waals surface area contributed by atoms with Gasteiger partial charge < -0.3 is 20.4 Å². The van der Waals surface area contributed by atoms with E-state index in [-0.39, 0.29) is 18.8 Å². The van der Waals surface area contributed by atoms with Gasteiger partial charge in [-0.25, -0.2) is 9.78 Å². The maximum atomic E-state index is 12.8. The van der Waals surface area contributed by atoms with E-state index in [9.17, 15) is 23.1 Å². The fourth-order valence-electron chi connectivity index (χ4n) is 3.35. The van der Waals surface area contributed by atoms with Crippen LogP contribution in [-0.4, -0.2) is 61.4 Å². The number of hydrogen-bond acceptors (Lipinski definition) is 6. The molecule has 4 rings (SSSR count). The number of aliphatic hydroxyl groups excluding tert-OH is 1. The number of hydrogen-bond donors (Lipinski definition) is 3. The van der Waals surface area contributed by atoms with Crippen LogP contribution in [0.15, 0.2) is 42.9 Å². The van der Waals surface area contributed by atoms with E-state index in [4.69, 9.17) is 5.11 Å². The lowest BCUT2D eigenvalue weighted by atomic mass is 10.1. The average molecular weight is 419 g/mol.